The fraction of sp³-hybridized carbons (Fsp3) is 0.529. The first kappa shape index (κ1) is 15.0. The quantitative estimate of drug-likeness (QED) is 0.865. The highest BCUT2D eigenvalue weighted by molar-refractivity contribution is 5.79. The zero-order chi connectivity index (χ0) is 15.5. The van der Waals surface area contributed by atoms with E-state index in [2.05, 4.69) is 28.9 Å². The Bertz CT molecular complexity index is 616. The van der Waals surface area contributed by atoms with Crippen molar-refractivity contribution in [3.05, 3.63) is 36.3 Å². The smallest absolute Gasteiger partial charge is 0.228 e. The molecule has 0 bridgehead atoms. The number of fused-ring (bicyclic) bond motifs is 1. The molecule has 1 atom stereocenters. The predicted octanol–water partition coefficient (Wildman–Crippen LogP) is 1.82. The number of nitrogens with zero attached hydrogens (tertiary/aromatic N) is 4. The van der Waals surface area contributed by atoms with Crippen molar-refractivity contribution in [3.63, 3.8) is 0 Å². The van der Waals surface area contributed by atoms with Gasteiger partial charge in [-0.3, -0.25) is 4.79 Å². The van der Waals surface area contributed by atoms with Crippen LogP contribution in [0.15, 0.2) is 30.6 Å². The van der Waals surface area contributed by atoms with Crippen molar-refractivity contribution in [2.75, 3.05) is 27.2 Å². The number of aromatic nitrogens is 2. The fourth-order valence-electron chi connectivity index (χ4n) is 3.27. The summed E-state index contributed by atoms with van der Waals surface area (Å²) in [6, 6.07) is 6.24. The van der Waals surface area contributed by atoms with E-state index in [0.717, 1.165) is 37.3 Å². The second-order valence-corrected chi connectivity index (χ2v) is 6.37. The van der Waals surface area contributed by atoms with Crippen LogP contribution in [0.5, 0.6) is 0 Å². The molecule has 3 heterocycles. The molecule has 1 aliphatic heterocycles. The number of hydrogen-bond acceptors (Lipinski definition) is 3. The average molecular weight is 300 g/mol. The lowest BCUT2D eigenvalue weighted by atomic mass is 10.0. The van der Waals surface area contributed by atoms with Crippen LogP contribution in [0.2, 0.25) is 0 Å². The van der Waals surface area contributed by atoms with Crippen LogP contribution in [0.1, 0.15) is 25.0 Å². The van der Waals surface area contributed by atoms with Gasteiger partial charge in [-0.05, 0) is 45.5 Å². The molecule has 5 heteroatoms. The highest BCUT2D eigenvalue weighted by Crippen LogP contribution is 2.19. The van der Waals surface area contributed by atoms with Gasteiger partial charge in [-0.1, -0.05) is 6.07 Å². The maximum absolute atomic E-state index is 12.7. The Morgan fingerprint density at radius 1 is 1.36 bits per heavy atom. The van der Waals surface area contributed by atoms with Crippen molar-refractivity contribution in [1.29, 1.82) is 0 Å². The van der Waals surface area contributed by atoms with Gasteiger partial charge >= 0.3 is 0 Å². The minimum atomic E-state index is 0.204. The number of piperidine rings is 1. The minimum Gasteiger partial charge on any atom is -0.338 e. The van der Waals surface area contributed by atoms with Crippen LogP contribution < -0.4 is 0 Å². The first-order valence-corrected chi connectivity index (χ1v) is 8.00. The Hall–Kier alpha value is -1.88. The number of likely N-dealkylation sites (tertiary alicyclic amines) is 1. The summed E-state index contributed by atoms with van der Waals surface area (Å²) in [4.78, 5) is 21.5. The first-order valence-electron chi connectivity index (χ1n) is 8.00. The Kier molecular flexibility index (Phi) is 4.43. The molecule has 2 aromatic heterocycles. The van der Waals surface area contributed by atoms with Crippen molar-refractivity contribution in [3.8, 4) is 0 Å². The molecular formula is C17H24N4O. The standard InChI is InChI=1S/C17H24N4O/c1-19(2)13-15-7-3-6-10-21(15)17(22)11-14-12-20-9-5-4-8-16(20)18-14/h4-5,8-9,12,15H,3,6-7,10-11,13H2,1-2H3. The summed E-state index contributed by atoms with van der Waals surface area (Å²) >= 11 is 0. The molecule has 0 N–H and O–H groups in total. The molecule has 5 nitrogen and oxygen atoms in total. The molecule has 1 aliphatic rings. The van der Waals surface area contributed by atoms with E-state index < -0.39 is 0 Å². The van der Waals surface area contributed by atoms with Gasteiger partial charge in [-0.15, -0.1) is 0 Å². The lowest BCUT2D eigenvalue weighted by molar-refractivity contribution is -0.134. The van der Waals surface area contributed by atoms with Crippen molar-refractivity contribution in [2.45, 2.75) is 31.7 Å². The van der Waals surface area contributed by atoms with E-state index in [9.17, 15) is 4.79 Å². The molecule has 1 amide bonds. The third kappa shape index (κ3) is 3.30. The Balaban J connectivity index is 1.71. The van der Waals surface area contributed by atoms with Gasteiger partial charge in [0.2, 0.25) is 5.91 Å². The lowest BCUT2D eigenvalue weighted by Crippen LogP contribution is -2.48. The number of pyridine rings is 1. The maximum Gasteiger partial charge on any atom is 0.228 e. The zero-order valence-corrected chi connectivity index (χ0v) is 13.4. The molecule has 2 aromatic rings. The van der Waals surface area contributed by atoms with E-state index in [1.54, 1.807) is 0 Å². The summed E-state index contributed by atoms with van der Waals surface area (Å²) in [7, 11) is 4.14. The van der Waals surface area contributed by atoms with Crippen LogP contribution in [-0.2, 0) is 11.2 Å². The normalized spacial score (nSPS) is 19.0. The van der Waals surface area contributed by atoms with Gasteiger partial charge in [0.1, 0.15) is 5.65 Å². The number of rotatable bonds is 4. The monoisotopic (exact) mass is 300 g/mol. The number of amides is 1. The van der Waals surface area contributed by atoms with Gasteiger partial charge < -0.3 is 14.2 Å². The molecule has 0 aliphatic carbocycles. The van der Waals surface area contributed by atoms with Gasteiger partial charge in [0, 0.05) is 31.5 Å². The number of carbonyl (C=O) groups excluding carboxylic acids is 1. The Morgan fingerprint density at radius 2 is 2.23 bits per heavy atom. The van der Waals surface area contributed by atoms with Gasteiger partial charge in [-0.25, -0.2) is 4.98 Å². The molecule has 3 rings (SSSR count). The van der Waals surface area contributed by atoms with Crippen LogP contribution in [0.25, 0.3) is 5.65 Å². The summed E-state index contributed by atoms with van der Waals surface area (Å²) in [5.41, 5.74) is 1.75. The highest BCUT2D eigenvalue weighted by atomic mass is 16.2. The SMILES string of the molecule is CN(C)CC1CCCCN1C(=O)Cc1cn2ccccc2n1. The molecular weight excluding hydrogens is 276 g/mol. The summed E-state index contributed by atoms with van der Waals surface area (Å²) in [6.45, 7) is 1.82. The van der Waals surface area contributed by atoms with Gasteiger partial charge in [-0.2, -0.15) is 0 Å². The van der Waals surface area contributed by atoms with Gasteiger partial charge in [0.25, 0.3) is 0 Å². The van der Waals surface area contributed by atoms with Crippen molar-refractivity contribution < 1.29 is 4.79 Å². The average Bonchev–Trinajstić information content (AvgIpc) is 2.89. The number of hydrogen-bond donors (Lipinski definition) is 0. The topological polar surface area (TPSA) is 40.9 Å². The first-order chi connectivity index (χ1) is 10.6. The maximum atomic E-state index is 12.7. The fourth-order valence-corrected chi connectivity index (χ4v) is 3.27. The van der Waals surface area contributed by atoms with Gasteiger partial charge in [0.15, 0.2) is 0 Å². The number of imidazole rings is 1. The molecule has 1 fully saturated rings. The summed E-state index contributed by atoms with van der Waals surface area (Å²) < 4.78 is 1.97. The highest BCUT2D eigenvalue weighted by Gasteiger charge is 2.27. The van der Waals surface area contributed by atoms with Crippen LogP contribution in [0.4, 0.5) is 0 Å². The molecule has 1 unspecified atom stereocenters. The van der Waals surface area contributed by atoms with Crippen molar-refractivity contribution in [2.24, 2.45) is 0 Å². The molecule has 0 spiro atoms. The van der Waals surface area contributed by atoms with E-state index >= 15 is 0 Å². The second-order valence-electron chi connectivity index (χ2n) is 6.37. The zero-order valence-electron chi connectivity index (χ0n) is 13.4. The Labute approximate surface area is 131 Å². The summed E-state index contributed by atoms with van der Waals surface area (Å²) in [5.74, 6) is 0.204. The number of likely N-dealkylation sites (N-methyl/N-ethyl adjacent to an activating group) is 1. The molecule has 22 heavy (non-hydrogen) atoms. The van der Waals surface area contributed by atoms with E-state index in [1.807, 2.05) is 35.0 Å². The third-order valence-corrected chi connectivity index (χ3v) is 4.27. The Morgan fingerprint density at radius 3 is 3.00 bits per heavy atom. The summed E-state index contributed by atoms with van der Waals surface area (Å²) in [5, 5.41) is 0. The van der Waals surface area contributed by atoms with Crippen molar-refractivity contribution >= 4 is 11.6 Å². The molecule has 1 saturated heterocycles. The number of carbonyl (C=O) groups is 1. The molecule has 0 saturated carbocycles. The second kappa shape index (κ2) is 6.48. The minimum absolute atomic E-state index is 0.204. The van der Waals surface area contributed by atoms with Gasteiger partial charge in [0.05, 0.1) is 12.1 Å². The van der Waals surface area contributed by atoms with E-state index in [1.165, 1.54) is 6.42 Å². The van der Waals surface area contributed by atoms with Crippen LogP contribution >= 0.6 is 0 Å². The lowest BCUT2D eigenvalue weighted by Gasteiger charge is -2.37. The summed E-state index contributed by atoms with van der Waals surface area (Å²) in [6.07, 6.45) is 7.75. The van der Waals surface area contributed by atoms with E-state index in [0.29, 0.717) is 12.5 Å². The van der Waals surface area contributed by atoms with E-state index in [-0.39, 0.29) is 5.91 Å². The third-order valence-electron chi connectivity index (χ3n) is 4.27. The van der Waals surface area contributed by atoms with Crippen molar-refractivity contribution in [1.82, 2.24) is 19.2 Å². The largest absolute Gasteiger partial charge is 0.338 e. The van der Waals surface area contributed by atoms with Crippen LogP contribution in [0, 0.1) is 0 Å². The van der Waals surface area contributed by atoms with E-state index in [4.69, 9.17) is 0 Å². The molecule has 0 radical (unpaired) electrons. The molecule has 0 aromatic carbocycles. The molecule has 118 valence electrons. The van der Waals surface area contributed by atoms with Crippen LogP contribution in [-0.4, -0.2) is 58.3 Å². The van der Waals surface area contributed by atoms with Crippen LogP contribution in [0.3, 0.4) is 0 Å². The predicted molar refractivity (Wildman–Crippen MR) is 86.8 cm³/mol.